The molecule has 0 unspecified atom stereocenters. The van der Waals surface area contributed by atoms with E-state index >= 15 is 0 Å². The van der Waals surface area contributed by atoms with Crippen LogP contribution in [0.25, 0.3) is 0 Å². The van der Waals surface area contributed by atoms with E-state index in [9.17, 15) is 18.0 Å². The molecule has 1 aliphatic heterocycles. The molecule has 2 aromatic carbocycles. The Bertz CT molecular complexity index is 964. The van der Waals surface area contributed by atoms with Crippen LogP contribution in [0.15, 0.2) is 69.9 Å². The largest absolute Gasteiger partial charge is 0.298 e. The number of hydrogen-bond donors (Lipinski definition) is 0. The number of amides is 1. The van der Waals surface area contributed by atoms with Crippen molar-refractivity contribution in [1.82, 2.24) is 4.90 Å². The summed E-state index contributed by atoms with van der Waals surface area (Å²) >= 11 is 1.13. The van der Waals surface area contributed by atoms with Crippen molar-refractivity contribution in [3.05, 3.63) is 76.2 Å². The van der Waals surface area contributed by atoms with Crippen LogP contribution < -0.4 is 0 Å². The second-order valence-electron chi connectivity index (χ2n) is 5.87. The molecular formula is C19H17NO4S2. The number of sulfone groups is 1. The molecule has 7 heteroatoms. The number of ketones is 1. The molecule has 1 heterocycles. The summed E-state index contributed by atoms with van der Waals surface area (Å²) in [7, 11) is -3.71. The number of nitrogens with zero attached hydrogens (tertiary/aromatic N) is 1. The van der Waals surface area contributed by atoms with Crippen LogP contribution in [0.2, 0.25) is 0 Å². The molecule has 1 aliphatic rings. The van der Waals surface area contributed by atoms with Crippen molar-refractivity contribution in [2.24, 2.45) is 0 Å². The van der Waals surface area contributed by atoms with E-state index in [2.05, 4.69) is 0 Å². The lowest BCUT2D eigenvalue weighted by Gasteiger charge is -2.16. The van der Waals surface area contributed by atoms with E-state index in [1.165, 1.54) is 17.0 Å². The summed E-state index contributed by atoms with van der Waals surface area (Å²) in [6, 6.07) is 15.1. The number of aryl methyl sites for hydroxylation is 1. The lowest BCUT2D eigenvalue weighted by atomic mass is 10.1. The van der Waals surface area contributed by atoms with Crippen molar-refractivity contribution in [3.63, 3.8) is 0 Å². The molecule has 0 N–H and O–H groups in total. The summed E-state index contributed by atoms with van der Waals surface area (Å²) in [4.78, 5) is 25.9. The highest BCUT2D eigenvalue weighted by Gasteiger charge is 2.30. The molecule has 0 spiro atoms. The van der Waals surface area contributed by atoms with Gasteiger partial charge in [0.25, 0.3) is 0 Å². The number of carbonyl (C=O) groups is 2. The quantitative estimate of drug-likeness (QED) is 0.738. The van der Waals surface area contributed by atoms with Gasteiger partial charge in [-0.1, -0.05) is 59.8 Å². The zero-order valence-electron chi connectivity index (χ0n) is 14.1. The van der Waals surface area contributed by atoms with Gasteiger partial charge in [0.1, 0.15) is 0 Å². The first-order valence-electron chi connectivity index (χ1n) is 7.92. The maximum absolute atomic E-state index is 12.6. The zero-order valence-corrected chi connectivity index (χ0v) is 15.7. The van der Waals surface area contributed by atoms with Crippen molar-refractivity contribution in [2.75, 3.05) is 12.3 Å². The lowest BCUT2D eigenvalue weighted by molar-refractivity contribution is -0.125. The third-order valence-electron chi connectivity index (χ3n) is 3.91. The smallest absolute Gasteiger partial charge is 0.238 e. The molecule has 0 radical (unpaired) electrons. The number of Topliss-reactive ketones (excluding diaryl/α,β-unsaturated/α-hetero) is 1. The molecule has 1 amide bonds. The minimum atomic E-state index is -3.71. The average molecular weight is 387 g/mol. The molecule has 134 valence electrons. The van der Waals surface area contributed by atoms with Crippen LogP contribution in [-0.2, 0) is 14.6 Å². The molecular weight excluding hydrogens is 370 g/mol. The first-order valence-corrected chi connectivity index (χ1v) is 10.4. The zero-order chi connectivity index (χ0) is 18.7. The van der Waals surface area contributed by atoms with Gasteiger partial charge >= 0.3 is 0 Å². The fraction of sp³-hybridized carbons (Fsp3) is 0.158. The molecule has 1 saturated heterocycles. The van der Waals surface area contributed by atoms with E-state index in [4.69, 9.17) is 0 Å². The second-order valence-corrected chi connectivity index (χ2v) is 8.66. The summed E-state index contributed by atoms with van der Waals surface area (Å²) < 4.78 is 25.2. The molecule has 2 aromatic rings. The van der Waals surface area contributed by atoms with Gasteiger partial charge in [0, 0.05) is 5.56 Å². The van der Waals surface area contributed by atoms with Gasteiger partial charge in [-0.3, -0.25) is 14.5 Å². The molecule has 0 atom stereocenters. The Morgan fingerprint density at radius 1 is 1.12 bits per heavy atom. The molecule has 0 aromatic heterocycles. The van der Waals surface area contributed by atoms with Gasteiger partial charge in [-0.05, 0) is 19.1 Å². The summed E-state index contributed by atoms with van der Waals surface area (Å²) in [6.45, 7) is 1.70. The Labute approximate surface area is 156 Å². The van der Waals surface area contributed by atoms with Gasteiger partial charge in [-0.15, -0.1) is 0 Å². The minimum absolute atomic E-state index is 0.122. The van der Waals surface area contributed by atoms with Crippen LogP contribution >= 0.6 is 11.8 Å². The van der Waals surface area contributed by atoms with Gasteiger partial charge in [-0.25, -0.2) is 8.42 Å². The van der Waals surface area contributed by atoms with E-state index in [1.807, 2.05) is 6.92 Å². The van der Waals surface area contributed by atoms with E-state index in [-0.39, 0.29) is 33.9 Å². The molecule has 0 aliphatic carbocycles. The topological polar surface area (TPSA) is 71.5 Å². The minimum Gasteiger partial charge on any atom is -0.298 e. The molecule has 3 rings (SSSR count). The van der Waals surface area contributed by atoms with Gasteiger partial charge in [-0.2, -0.15) is 0 Å². The summed E-state index contributed by atoms with van der Waals surface area (Å²) in [5.41, 5.74) is 1.44. The Balaban J connectivity index is 1.86. The number of rotatable bonds is 5. The normalized spacial score (nSPS) is 16.3. The van der Waals surface area contributed by atoms with Crippen LogP contribution in [0.1, 0.15) is 15.9 Å². The van der Waals surface area contributed by atoms with E-state index < -0.39 is 9.84 Å². The molecule has 0 bridgehead atoms. The predicted octanol–water partition coefficient (Wildman–Crippen LogP) is 3.03. The van der Waals surface area contributed by atoms with Gasteiger partial charge in [0.15, 0.2) is 5.78 Å². The number of hydrogen-bond acceptors (Lipinski definition) is 5. The first-order chi connectivity index (χ1) is 12.4. The highest BCUT2D eigenvalue weighted by molar-refractivity contribution is 8.05. The van der Waals surface area contributed by atoms with E-state index in [0.717, 1.165) is 22.7 Å². The maximum atomic E-state index is 12.6. The maximum Gasteiger partial charge on any atom is 0.238 e. The van der Waals surface area contributed by atoms with Gasteiger partial charge in [0.2, 0.25) is 15.7 Å². The highest BCUT2D eigenvalue weighted by Crippen LogP contribution is 2.31. The second kappa shape index (κ2) is 7.47. The summed E-state index contributed by atoms with van der Waals surface area (Å²) in [5, 5.41) is 1.35. The van der Waals surface area contributed by atoms with Crippen LogP contribution in [0.3, 0.4) is 0 Å². The van der Waals surface area contributed by atoms with Crippen LogP contribution in [0.4, 0.5) is 0 Å². The first kappa shape index (κ1) is 18.4. The van der Waals surface area contributed by atoms with E-state index in [1.54, 1.807) is 42.5 Å². The van der Waals surface area contributed by atoms with Crippen molar-refractivity contribution < 1.29 is 18.0 Å². The molecule has 0 saturated carbocycles. The predicted molar refractivity (Wildman–Crippen MR) is 101 cm³/mol. The van der Waals surface area contributed by atoms with Gasteiger partial charge < -0.3 is 0 Å². The van der Waals surface area contributed by atoms with Crippen molar-refractivity contribution >= 4 is 33.3 Å². The Morgan fingerprint density at radius 2 is 1.77 bits per heavy atom. The van der Waals surface area contributed by atoms with Crippen molar-refractivity contribution in [2.45, 2.75) is 11.8 Å². The number of thioether (sulfide) groups is 1. The lowest BCUT2D eigenvalue weighted by Crippen LogP contribution is -2.30. The van der Waals surface area contributed by atoms with Crippen molar-refractivity contribution in [3.8, 4) is 0 Å². The van der Waals surface area contributed by atoms with Gasteiger partial charge in [0.05, 0.1) is 27.6 Å². The third kappa shape index (κ3) is 4.05. The number of carbonyl (C=O) groups excluding carboxylic acids is 2. The Kier molecular flexibility index (Phi) is 5.29. The summed E-state index contributed by atoms with van der Waals surface area (Å²) in [5.74, 6) is -0.387. The molecule has 1 fully saturated rings. The fourth-order valence-electron chi connectivity index (χ4n) is 2.47. The Morgan fingerprint density at radius 3 is 2.42 bits per heavy atom. The fourth-order valence-corrected chi connectivity index (χ4v) is 4.91. The summed E-state index contributed by atoms with van der Waals surface area (Å²) in [6.07, 6.45) is 0. The highest BCUT2D eigenvalue weighted by atomic mass is 32.2. The monoisotopic (exact) mass is 387 g/mol. The molecule has 5 nitrogen and oxygen atoms in total. The van der Waals surface area contributed by atoms with Crippen molar-refractivity contribution in [1.29, 1.82) is 0 Å². The van der Waals surface area contributed by atoms with Crippen LogP contribution in [0, 0.1) is 6.92 Å². The standard InChI is InChI=1S/C19H17NO4S2/c1-14-7-9-16(10-8-14)26(23,24)13-19-20(18(22)12-25-19)11-17(21)15-5-3-2-4-6-15/h2-10,13H,11-12H2,1H3/b19-13+. The third-order valence-corrected chi connectivity index (χ3v) is 6.55. The molecule has 26 heavy (non-hydrogen) atoms. The Hall–Kier alpha value is -2.38. The number of benzene rings is 2. The van der Waals surface area contributed by atoms with Crippen LogP contribution in [0.5, 0.6) is 0 Å². The average Bonchev–Trinajstić information content (AvgIpc) is 2.95. The SMILES string of the molecule is Cc1ccc(S(=O)(=O)/C=C2/SCC(=O)N2CC(=O)c2ccccc2)cc1. The van der Waals surface area contributed by atoms with Crippen LogP contribution in [-0.4, -0.2) is 37.3 Å². The van der Waals surface area contributed by atoms with E-state index in [0.29, 0.717) is 5.56 Å².